The molecule has 1 unspecified atom stereocenters. The topological polar surface area (TPSA) is 74.8 Å². The van der Waals surface area contributed by atoms with Crippen molar-refractivity contribution in [3.05, 3.63) is 0 Å². The van der Waals surface area contributed by atoms with E-state index in [0.717, 1.165) is 19.4 Å². The SMILES string of the molecule is CCC(C)NC(=O)CCNC(=NC)NCCOCCC(C)C. The van der Waals surface area contributed by atoms with E-state index in [1.165, 1.54) is 0 Å². The Morgan fingerprint density at radius 3 is 2.41 bits per heavy atom. The van der Waals surface area contributed by atoms with Gasteiger partial charge in [-0.1, -0.05) is 20.8 Å². The third kappa shape index (κ3) is 12.4. The van der Waals surface area contributed by atoms with Gasteiger partial charge in [-0.15, -0.1) is 0 Å². The molecule has 0 aromatic heterocycles. The van der Waals surface area contributed by atoms with Crippen LogP contribution in [0.4, 0.5) is 0 Å². The van der Waals surface area contributed by atoms with E-state index in [-0.39, 0.29) is 11.9 Å². The van der Waals surface area contributed by atoms with E-state index in [4.69, 9.17) is 4.74 Å². The normalized spacial score (nSPS) is 13.1. The predicted molar refractivity (Wildman–Crippen MR) is 92.2 cm³/mol. The number of nitrogens with zero attached hydrogens (tertiary/aromatic N) is 1. The molecule has 0 aromatic carbocycles. The summed E-state index contributed by atoms with van der Waals surface area (Å²) in [4.78, 5) is 15.8. The van der Waals surface area contributed by atoms with Crippen LogP contribution >= 0.6 is 0 Å². The largest absolute Gasteiger partial charge is 0.380 e. The Hall–Kier alpha value is -1.30. The lowest BCUT2D eigenvalue weighted by Gasteiger charge is -2.14. The van der Waals surface area contributed by atoms with Crippen molar-refractivity contribution in [3.63, 3.8) is 0 Å². The van der Waals surface area contributed by atoms with E-state index < -0.39 is 0 Å². The predicted octanol–water partition coefficient (Wildman–Crippen LogP) is 1.52. The average Bonchev–Trinajstić information content (AvgIpc) is 2.48. The lowest BCUT2D eigenvalue weighted by atomic mass is 10.1. The van der Waals surface area contributed by atoms with Gasteiger partial charge >= 0.3 is 0 Å². The van der Waals surface area contributed by atoms with Crippen molar-refractivity contribution in [3.8, 4) is 0 Å². The second kappa shape index (κ2) is 13.4. The van der Waals surface area contributed by atoms with Crippen molar-refractivity contribution in [1.29, 1.82) is 0 Å². The van der Waals surface area contributed by atoms with Crippen LogP contribution in [0.1, 0.15) is 47.0 Å². The van der Waals surface area contributed by atoms with E-state index in [9.17, 15) is 4.79 Å². The first-order chi connectivity index (χ1) is 10.5. The molecule has 1 amide bonds. The highest BCUT2D eigenvalue weighted by atomic mass is 16.5. The first-order valence-electron chi connectivity index (χ1n) is 8.31. The van der Waals surface area contributed by atoms with Crippen LogP contribution in [0.2, 0.25) is 0 Å². The van der Waals surface area contributed by atoms with E-state index in [1.54, 1.807) is 7.05 Å². The van der Waals surface area contributed by atoms with Gasteiger partial charge < -0.3 is 20.7 Å². The summed E-state index contributed by atoms with van der Waals surface area (Å²) in [7, 11) is 1.72. The number of amides is 1. The minimum Gasteiger partial charge on any atom is -0.380 e. The van der Waals surface area contributed by atoms with Crippen molar-refractivity contribution in [2.75, 3.05) is 33.4 Å². The van der Waals surface area contributed by atoms with Crippen LogP contribution < -0.4 is 16.0 Å². The van der Waals surface area contributed by atoms with Crippen molar-refractivity contribution in [1.82, 2.24) is 16.0 Å². The number of hydrogen-bond acceptors (Lipinski definition) is 3. The lowest BCUT2D eigenvalue weighted by Crippen LogP contribution is -2.41. The van der Waals surface area contributed by atoms with Crippen molar-refractivity contribution in [2.45, 2.75) is 53.0 Å². The molecule has 0 aliphatic rings. The molecule has 0 aliphatic carbocycles. The number of guanidine groups is 1. The van der Waals surface area contributed by atoms with Gasteiger partial charge in [0.1, 0.15) is 0 Å². The molecule has 0 aromatic rings. The minimum atomic E-state index is 0.0642. The van der Waals surface area contributed by atoms with Crippen molar-refractivity contribution >= 4 is 11.9 Å². The van der Waals surface area contributed by atoms with Crippen LogP contribution in [0.25, 0.3) is 0 Å². The summed E-state index contributed by atoms with van der Waals surface area (Å²) in [5.41, 5.74) is 0. The zero-order chi connectivity index (χ0) is 16.8. The summed E-state index contributed by atoms with van der Waals surface area (Å²) in [6, 6.07) is 0.230. The Morgan fingerprint density at radius 1 is 1.14 bits per heavy atom. The lowest BCUT2D eigenvalue weighted by molar-refractivity contribution is -0.121. The summed E-state index contributed by atoms with van der Waals surface area (Å²) in [5, 5.41) is 9.23. The Balaban J connectivity index is 3.65. The molecule has 0 spiro atoms. The van der Waals surface area contributed by atoms with Crippen LogP contribution in [-0.4, -0.2) is 51.3 Å². The van der Waals surface area contributed by atoms with Crippen LogP contribution in [-0.2, 0) is 9.53 Å². The third-order valence-corrected chi connectivity index (χ3v) is 3.27. The summed E-state index contributed by atoms with van der Waals surface area (Å²) in [5.74, 6) is 1.43. The fourth-order valence-corrected chi connectivity index (χ4v) is 1.63. The van der Waals surface area contributed by atoms with Gasteiger partial charge in [0, 0.05) is 39.2 Å². The molecule has 0 heterocycles. The standard InChI is InChI=1S/C16H34N4O2/c1-6-14(4)20-15(21)7-9-18-16(17-5)19-10-12-22-11-8-13(2)3/h13-14H,6-12H2,1-5H3,(H,20,21)(H2,17,18,19). The van der Waals surface area contributed by atoms with Crippen LogP contribution in [0, 0.1) is 5.92 Å². The second-order valence-electron chi connectivity index (χ2n) is 5.85. The average molecular weight is 314 g/mol. The summed E-state index contributed by atoms with van der Waals surface area (Å²) in [6.45, 7) is 11.1. The smallest absolute Gasteiger partial charge is 0.221 e. The third-order valence-electron chi connectivity index (χ3n) is 3.27. The van der Waals surface area contributed by atoms with Crippen LogP contribution in [0.15, 0.2) is 4.99 Å². The molecule has 0 aliphatic heterocycles. The molecular formula is C16H34N4O2. The molecule has 0 rings (SSSR count). The fraction of sp³-hybridized carbons (Fsp3) is 0.875. The molecular weight excluding hydrogens is 280 g/mol. The molecule has 3 N–H and O–H groups in total. The number of ether oxygens (including phenoxy) is 1. The zero-order valence-corrected chi connectivity index (χ0v) is 14.9. The van der Waals surface area contributed by atoms with Gasteiger partial charge in [-0.2, -0.15) is 0 Å². The highest BCUT2D eigenvalue weighted by Crippen LogP contribution is 1.98. The Bertz CT molecular complexity index is 319. The van der Waals surface area contributed by atoms with Crippen LogP contribution in [0.5, 0.6) is 0 Å². The van der Waals surface area contributed by atoms with Gasteiger partial charge in [-0.05, 0) is 25.7 Å². The van der Waals surface area contributed by atoms with Crippen molar-refractivity contribution < 1.29 is 9.53 Å². The van der Waals surface area contributed by atoms with Gasteiger partial charge in [0.15, 0.2) is 5.96 Å². The van der Waals surface area contributed by atoms with Gasteiger partial charge in [-0.3, -0.25) is 9.79 Å². The van der Waals surface area contributed by atoms with Gasteiger partial charge in [0.25, 0.3) is 0 Å². The molecule has 0 saturated carbocycles. The van der Waals surface area contributed by atoms with Gasteiger partial charge in [0.05, 0.1) is 6.61 Å². The zero-order valence-electron chi connectivity index (χ0n) is 14.9. The molecule has 0 fully saturated rings. The number of hydrogen-bond donors (Lipinski definition) is 3. The maximum absolute atomic E-state index is 11.6. The molecule has 0 saturated heterocycles. The maximum Gasteiger partial charge on any atom is 0.221 e. The number of aliphatic imine (C=N–C) groups is 1. The van der Waals surface area contributed by atoms with Gasteiger partial charge in [-0.25, -0.2) is 0 Å². The molecule has 0 bridgehead atoms. The highest BCUT2D eigenvalue weighted by Gasteiger charge is 2.05. The van der Waals surface area contributed by atoms with Gasteiger partial charge in [0.2, 0.25) is 5.91 Å². The quantitative estimate of drug-likeness (QED) is 0.307. The van der Waals surface area contributed by atoms with E-state index in [1.807, 2.05) is 6.92 Å². The maximum atomic E-state index is 11.6. The second-order valence-corrected chi connectivity index (χ2v) is 5.85. The molecule has 22 heavy (non-hydrogen) atoms. The number of carbonyl (C=O) groups is 1. The molecule has 6 heteroatoms. The number of carbonyl (C=O) groups excluding carboxylic acids is 1. The first-order valence-corrected chi connectivity index (χ1v) is 8.31. The summed E-state index contributed by atoms with van der Waals surface area (Å²) in [6.07, 6.45) is 2.47. The van der Waals surface area contributed by atoms with E-state index >= 15 is 0 Å². The summed E-state index contributed by atoms with van der Waals surface area (Å²) < 4.78 is 5.53. The van der Waals surface area contributed by atoms with E-state index in [0.29, 0.717) is 38.0 Å². The molecule has 0 radical (unpaired) electrons. The first kappa shape index (κ1) is 20.7. The molecule has 6 nitrogen and oxygen atoms in total. The Kier molecular flexibility index (Phi) is 12.6. The highest BCUT2D eigenvalue weighted by molar-refractivity contribution is 5.81. The Labute approximate surface area is 135 Å². The minimum absolute atomic E-state index is 0.0642. The molecule has 1 atom stereocenters. The Morgan fingerprint density at radius 2 is 1.82 bits per heavy atom. The fourth-order valence-electron chi connectivity index (χ4n) is 1.63. The van der Waals surface area contributed by atoms with E-state index in [2.05, 4.69) is 41.7 Å². The monoisotopic (exact) mass is 314 g/mol. The number of nitrogens with one attached hydrogen (secondary N) is 3. The van der Waals surface area contributed by atoms with Crippen molar-refractivity contribution in [2.24, 2.45) is 10.9 Å². The molecule has 130 valence electrons. The summed E-state index contributed by atoms with van der Waals surface area (Å²) >= 11 is 0. The van der Waals surface area contributed by atoms with Crippen LogP contribution in [0.3, 0.4) is 0 Å². The number of rotatable bonds is 11.